The topological polar surface area (TPSA) is 41.6 Å². The Balaban J connectivity index is 2.47. The molecule has 0 fully saturated rings. The lowest BCUT2D eigenvalue weighted by Crippen LogP contribution is -2.10. The molecule has 120 valence electrons. The Labute approximate surface area is 143 Å². The van der Waals surface area contributed by atoms with E-state index < -0.39 is 0 Å². The molecule has 0 spiro atoms. The predicted molar refractivity (Wildman–Crippen MR) is 96.3 cm³/mol. The van der Waals surface area contributed by atoms with E-state index in [0.29, 0.717) is 17.1 Å². The molecule has 0 aliphatic carbocycles. The normalized spacial score (nSPS) is 12.3. The van der Waals surface area contributed by atoms with Crippen LogP contribution in [0.4, 0.5) is 0 Å². The van der Waals surface area contributed by atoms with E-state index >= 15 is 0 Å². The molecule has 3 nitrogen and oxygen atoms in total. The number of benzene rings is 1. The molecule has 0 unspecified atom stereocenters. The number of nitrogens with zero attached hydrogens (tertiary/aromatic N) is 3. The van der Waals surface area contributed by atoms with E-state index in [2.05, 4.69) is 44.1 Å². The summed E-state index contributed by atoms with van der Waals surface area (Å²) in [6.07, 6.45) is 1.82. The molecule has 2 rings (SSSR count). The van der Waals surface area contributed by atoms with Crippen molar-refractivity contribution >= 4 is 23.3 Å². The number of hydrogen-bond donors (Lipinski definition) is 0. The second-order valence-corrected chi connectivity index (χ2v) is 6.98. The van der Waals surface area contributed by atoms with Crippen LogP contribution in [0.5, 0.6) is 0 Å². The highest BCUT2D eigenvalue weighted by molar-refractivity contribution is 6.32. The monoisotopic (exact) mass is 327 g/mol. The van der Waals surface area contributed by atoms with Crippen LogP contribution < -0.4 is 0 Å². The minimum atomic E-state index is 0.0936. The fourth-order valence-corrected chi connectivity index (χ4v) is 2.61. The molecule has 0 aliphatic rings. The van der Waals surface area contributed by atoms with Crippen molar-refractivity contribution in [1.29, 1.82) is 5.26 Å². The summed E-state index contributed by atoms with van der Waals surface area (Å²) in [5.41, 5.74) is 4.37. The molecule has 0 amide bonds. The Hall–Kier alpha value is -2.05. The van der Waals surface area contributed by atoms with Crippen molar-refractivity contribution in [3.63, 3.8) is 0 Å². The Morgan fingerprint density at radius 1 is 1.30 bits per heavy atom. The predicted octanol–water partition coefficient (Wildman–Crippen LogP) is 5.23. The fourth-order valence-electron chi connectivity index (χ4n) is 2.42. The van der Waals surface area contributed by atoms with Gasteiger partial charge in [0.25, 0.3) is 0 Å². The van der Waals surface area contributed by atoms with Gasteiger partial charge in [-0.1, -0.05) is 56.6 Å². The van der Waals surface area contributed by atoms with Crippen molar-refractivity contribution in [1.82, 2.24) is 9.78 Å². The SMILES string of the molecule is CCn1nc(C)c(Cl)c1C=C(C#N)c1ccc(C(C)(C)C)cc1. The van der Waals surface area contributed by atoms with Gasteiger partial charge in [-0.05, 0) is 36.5 Å². The summed E-state index contributed by atoms with van der Waals surface area (Å²) in [4.78, 5) is 0. The van der Waals surface area contributed by atoms with Crippen LogP contribution in [-0.2, 0) is 12.0 Å². The average Bonchev–Trinajstić information content (AvgIpc) is 2.79. The zero-order valence-corrected chi connectivity index (χ0v) is 15.1. The Morgan fingerprint density at radius 3 is 2.39 bits per heavy atom. The quantitative estimate of drug-likeness (QED) is 0.724. The molecule has 1 aromatic carbocycles. The van der Waals surface area contributed by atoms with E-state index in [1.165, 1.54) is 5.56 Å². The summed E-state index contributed by atoms with van der Waals surface area (Å²) in [6.45, 7) is 11.1. The van der Waals surface area contributed by atoms with Gasteiger partial charge in [0.1, 0.15) is 0 Å². The minimum absolute atomic E-state index is 0.0936. The van der Waals surface area contributed by atoms with E-state index in [4.69, 9.17) is 11.6 Å². The van der Waals surface area contributed by atoms with Crippen LogP contribution in [0.1, 0.15) is 50.2 Å². The maximum atomic E-state index is 9.54. The number of aromatic nitrogens is 2. The highest BCUT2D eigenvalue weighted by atomic mass is 35.5. The molecule has 0 aliphatic heterocycles. The fraction of sp³-hybridized carbons (Fsp3) is 0.368. The summed E-state index contributed by atoms with van der Waals surface area (Å²) < 4.78 is 1.82. The van der Waals surface area contributed by atoms with Crippen LogP contribution in [0.3, 0.4) is 0 Å². The van der Waals surface area contributed by atoms with Crippen LogP contribution in [0.25, 0.3) is 11.6 Å². The highest BCUT2D eigenvalue weighted by Crippen LogP contribution is 2.27. The number of allylic oxidation sites excluding steroid dienone is 1. The van der Waals surface area contributed by atoms with Crippen LogP contribution in [-0.4, -0.2) is 9.78 Å². The van der Waals surface area contributed by atoms with E-state index in [1.54, 1.807) is 0 Å². The number of aryl methyl sites for hydroxylation is 2. The molecule has 23 heavy (non-hydrogen) atoms. The van der Waals surface area contributed by atoms with E-state index in [1.807, 2.05) is 36.7 Å². The summed E-state index contributed by atoms with van der Waals surface area (Å²) >= 11 is 6.33. The molecule has 0 saturated heterocycles. The molecular formula is C19H22ClN3. The van der Waals surface area contributed by atoms with Gasteiger partial charge in [-0.15, -0.1) is 0 Å². The lowest BCUT2D eigenvalue weighted by atomic mass is 9.86. The van der Waals surface area contributed by atoms with Crippen LogP contribution >= 0.6 is 11.6 Å². The number of hydrogen-bond acceptors (Lipinski definition) is 2. The first-order valence-electron chi connectivity index (χ1n) is 7.73. The van der Waals surface area contributed by atoms with Crippen LogP contribution in [0.15, 0.2) is 24.3 Å². The van der Waals surface area contributed by atoms with Crippen molar-refractivity contribution in [3.05, 3.63) is 51.8 Å². The second-order valence-electron chi connectivity index (χ2n) is 6.60. The maximum Gasteiger partial charge on any atom is 0.0998 e. The van der Waals surface area contributed by atoms with Gasteiger partial charge in [-0.3, -0.25) is 4.68 Å². The minimum Gasteiger partial charge on any atom is -0.264 e. The van der Waals surface area contributed by atoms with Gasteiger partial charge in [-0.2, -0.15) is 10.4 Å². The lowest BCUT2D eigenvalue weighted by molar-refractivity contribution is 0.590. The standard InChI is InChI=1S/C19H22ClN3/c1-6-23-17(18(20)13(2)22-23)11-15(12-21)14-7-9-16(10-8-14)19(3,4)5/h7-11H,6H2,1-5H3. The van der Waals surface area contributed by atoms with E-state index in [-0.39, 0.29) is 5.41 Å². The first-order chi connectivity index (χ1) is 10.8. The van der Waals surface area contributed by atoms with Crippen molar-refractivity contribution in [3.8, 4) is 6.07 Å². The van der Waals surface area contributed by atoms with Gasteiger partial charge in [0, 0.05) is 6.54 Å². The molecule has 0 atom stereocenters. The van der Waals surface area contributed by atoms with Crippen LogP contribution in [0, 0.1) is 18.3 Å². The molecular weight excluding hydrogens is 306 g/mol. The van der Waals surface area contributed by atoms with Crippen molar-refractivity contribution < 1.29 is 0 Å². The third-order valence-electron chi connectivity index (χ3n) is 3.85. The Morgan fingerprint density at radius 2 is 1.91 bits per heavy atom. The number of rotatable bonds is 3. The van der Waals surface area contributed by atoms with Gasteiger partial charge in [-0.25, -0.2) is 0 Å². The summed E-state index contributed by atoms with van der Waals surface area (Å²) in [5, 5.41) is 14.5. The van der Waals surface area contributed by atoms with Crippen molar-refractivity contribution in [2.24, 2.45) is 0 Å². The van der Waals surface area contributed by atoms with Gasteiger partial charge in [0.2, 0.25) is 0 Å². The molecule has 1 heterocycles. The molecule has 0 N–H and O–H groups in total. The van der Waals surface area contributed by atoms with Gasteiger partial charge < -0.3 is 0 Å². The smallest absolute Gasteiger partial charge is 0.0998 e. The maximum absolute atomic E-state index is 9.54. The number of nitriles is 1. The molecule has 1 aromatic heterocycles. The third-order valence-corrected chi connectivity index (χ3v) is 4.32. The number of halogens is 1. The van der Waals surface area contributed by atoms with E-state index in [0.717, 1.165) is 17.0 Å². The van der Waals surface area contributed by atoms with Crippen LogP contribution in [0.2, 0.25) is 5.02 Å². The highest BCUT2D eigenvalue weighted by Gasteiger charge is 2.15. The third kappa shape index (κ3) is 3.65. The first kappa shape index (κ1) is 17.3. The Kier molecular flexibility index (Phi) is 4.97. The zero-order valence-electron chi connectivity index (χ0n) is 14.3. The average molecular weight is 328 g/mol. The molecule has 0 radical (unpaired) electrons. The van der Waals surface area contributed by atoms with Crippen molar-refractivity contribution in [2.75, 3.05) is 0 Å². The summed E-state index contributed by atoms with van der Waals surface area (Å²) in [5.74, 6) is 0. The largest absolute Gasteiger partial charge is 0.264 e. The lowest BCUT2D eigenvalue weighted by Gasteiger charge is -2.19. The molecule has 2 aromatic rings. The first-order valence-corrected chi connectivity index (χ1v) is 8.11. The Bertz CT molecular complexity index is 769. The van der Waals surface area contributed by atoms with Gasteiger partial charge in [0.05, 0.1) is 28.1 Å². The summed E-state index contributed by atoms with van der Waals surface area (Å²) in [7, 11) is 0. The van der Waals surface area contributed by atoms with Gasteiger partial charge >= 0.3 is 0 Å². The zero-order chi connectivity index (χ0) is 17.2. The summed E-state index contributed by atoms with van der Waals surface area (Å²) in [6, 6.07) is 10.4. The molecule has 0 saturated carbocycles. The molecule has 0 bridgehead atoms. The van der Waals surface area contributed by atoms with E-state index in [9.17, 15) is 5.26 Å². The molecule has 4 heteroatoms. The van der Waals surface area contributed by atoms with Gasteiger partial charge in [0.15, 0.2) is 0 Å². The van der Waals surface area contributed by atoms with Crippen molar-refractivity contribution in [2.45, 2.75) is 46.6 Å². The second kappa shape index (κ2) is 6.60.